The van der Waals surface area contributed by atoms with E-state index in [0.717, 1.165) is 30.2 Å². The highest BCUT2D eigenvalue weighted by atomic mass is 32.2. The van der Waals surface area contributed by atoms with Gasteiger partial charge in [0.05, 0.1) is 5.25 Å². The van der Waals surface area contributed by atoms with Crippen molar-refractivity contribution in [3.05, 3.63) is 46.4 Å². The molecular formula is C20H20N4O3S2. The molecule has 7 nitrogen and oxygen atoms in total. The predicted octanol–water partition coefficient (Wildman–Crippen LogP) is 4.11. The lowest BCUT2D eigenvalue weighted by Gasteiger charge is -2.13. The molecule has 2 aromatic heterocycles. The van der Waals surface area contributed by atoms with E-state index >= 15 is 0 Å². The van der Waals surface area contributed by atoms with Gasteiger partial charge in [-0.05, 0) is 43.3 Å². The van der Waals surface area contributed by atoms with E-state index in [1.807, 2.05) is 13.0 Å². The molecule has 0 unspecified atom stereocenters. The number of anilines is 1. The van der Waals surface area contributed by atoms with Crippen LogP contribution in [0.4, 0.5) is 5.69 Å². The third-order valence-corrected chi connectivity index (χ3v) is 6.78. The molecule has 5 rings (SSSR count). The van der Waals surface area contributed by atoms with Gasteiger partial charge >= 0.3 is 0 Å². The second kappa shape index (κ2) is 7.72. The zero-order chi connectivity index (χ0) is 19.8. The molecule has 0 bridgehead atoms. The predicted molar refractivity (Wildman–Crippen MR) is 112 cm³/mol. The first-order valence-corrected chi connectivity index (χ1v) is 11.3. The lowest BCUT2D eigenvalue weighted by Crippen LogP contribution is -2.23. The van der Waals surface area contributed by atoms with Crippen LogP contribution in [0.2, 0.25) is 0 Å². The summed E-state index contributed by atoms with van der Waals surface area (Å²) >= 11 is 3.17. The van der Waals surface area contributed by atoms with Crippen molar-refractivity contribution in [2.24, 2.45) is 0 Å². The Kier molecular flexibility index (Phi) is 4.92. The summed E-state index contributed by atoms with van der Waals surface area (Å²) in [5.74, 6) is 2.23. The van der Waals surface area contributed by atoms with Crippen molar-refractivity contribution in [3.63, 3.8) is 0 Å². The van der Waals surface area contributed by atoms with Crippen LogP contribution in [0.25, 0.3) is 0 Å². The molecular weight excluding hydrogens is 408 g/mol. The van der Waals surface area contributed by atoms with Gasteiger partial charge < -0.3 is 19.4 Å². The van der Waals surface area contributed by atoms with Crippen molar-refractivity contribution >= 4 is 34.7 Å². The molecule has 0 spiro atoms. The summed E-state index contributed by atoms with van der Waals surface area (Å²) in [6.45, 7) is 2.10. The number of thiophene rings is 1. The molecule has 1 atom stereocenters. The fourth-order valence-electron chi connectivity index (χ4n) is 3.21. The van der Waals surface area contributed by atoms with Gasteiger partial charge in [-0.2, -0.15) is 0 Å². The number of carbonyl (C=O) groups excluding carboxylic acids is 1. The lowest BCUT2D eigenvalue weighted by molar-refractivity contribution is -0.115. The Morgan fingerprint density at radius 3 is 2.97 bits per heavy atom. The Morgan fingerprint density at radius 2 is 2.17 bits per heavy atom. The molecule has 0 saturated heterocycles. The van der Waals surface area contributed by atoms with Crippen LogP contribution in [0.3, 0.4) is 0 Å². The number of aromatic nitrogens is 3. The largest absolute Gasteiger partial charge is 0.454 e. The van der Waals surface area contributed by atoms with Crippen LogP contribution in [-0.2, 0) is 11.2 Å². The molecule has 1 saturated carbocycles. The van der Waals surface area contributed by atoms with Gasteiger partial charge in [0.25, 0.3) is 0 Å². The first-order chi connectivity index (χ1) is 14.2. The number of nitrogens with one attached hydrogen (secondary N) is 1. The fraction of sp³-hybridized carbons (Fsp3) is 0.350. The minimum absolute atomic E-state index is 0.0842. The molecule has 3 aromatic rings. The number of carbonyl (C=O) groups is 1. The van der Waals surface area contributed by atoms with Crippen molar-refractivity contribution in [3.8, 4) is 11.5 Å². The Labute approximate surface area is 176 Å². The highest BCUT2D eigenvalue weighted by Gasteiger charge is 2.31. The van der Waals surface area contributed by atoms with Crippen LogP contribution >= 0.6 is 23.1 Å². The third kappa shape index (κ3) is 3.97. The average Bonchev–Trinajstić information content (AvgIpc) is 3.10. The maximum atomic E-state index is 12.7. The van der Waals surface area contributed by atoms with Crippen LogP contribution in [0, 0.1) is 0 Å². The first-order valence-electron chi connectivity index (χ1n) is 9.51. The standard InChI is InChI=1S/C20H20N4O3S2/c1-12(19(25)21-13-4-7-16-17(9-13)27-11-26-16)29-20-23-22-18(24(20)14-5-6-14)10-15-3-2-8-28-15/h2-4,7-9,12,14H,5-6,10-11H2,1H3,(H,21,25)/t12-/m1/s1. The Hall–Kier alpha value is -2.52. The van der Waals surface area contributed by atoms with Crippen LogP contribution < -0.4 is 14.8 Å². The maximum absolute atomic E-state index is 12.7. The van der Waals surface area contributed by atoms with E-state index < -0.39 is 0 Å². The lowest BCUT2D eigenvalue weighted by atomic mass is 10.2. The molecule has 3 heterocycles. The monoisotopic (exact) mass is 428 g/mol. The van der Waals surface area contributed by atoms with Gasteiger partial charge in [0.1, 0.15) is 5.82 Å². The summed E-state index contributed by atoms with van der Waals surface area (Å²) in [4.78, 5) is 14.0. The van der Waals surface area contributed by atoms with Crippen molar-refractivity contribution < 1.29 is 14.3 Å². The van der Waals surface area contributed by atoms with E-state index in [9.17, 15) is 4.79 Å². The highest BCUT2D eigenvalue weighted by Crippen LogP contribution is 2.40. The van der Waals surface area contributed by atoms with E-state index in [4.69, 9.17) is 9.47 Å². The third-order valence-electron chi connectivity index (χ3n) is 4.85. The van der Waals surface area contributed by atoms with E-state index in [2.05, 4.69) is 37.6 Å². The summed E-state index contributed by atoms with van der Waals surface area (Å²) in [5, 5.41) is 14.3. The van der Waals surface area contributed by atoms with E-state index in [1.54, 1.807) is 23.5 Å². The minimum atomic E-state index is -0.309. The van der Waals surface area contributed by atoms with Crippen molar-refractivity contribution in [1.29, 1.82) is 0 Å². The Morgan fingerprint density at radius 1 is 1.31 bits per heavy atom. The zero-order valence-corrected chi connectivity index (χ0v) is 17.5. The molecule has 150 valence electrons. The molecule has 0 radical (unpaired) electrons. The number of ether oxygens (including phenoxy) is 2. The SMILES string of the molecule is C[C@@H](Sc1nnc(Cc2cccs2)n1C1CC1)C(=O)Nc1ccc2c(c1)OCO2. The van der Waals surface area contributed by atoms with Crippen LogP contribution in [0.1, 0.15) is 36.5 Å². The molecule has 1 fully saturated rings. The van der Waals surface area contributed by atoms with E-state index in [-0.39, 0.29) is 18.0 Å². The van der Waals surface area contributed by atoms with Crippen LogP contribution in [-0.4, -0.2) is 32.7 Å². The number of nitrogens with zero attached hydrogens (tertiary/aromatic N) is 3. The first kappa shape index (κ1) is 18.5. The van der Waals surface area contributed by atoms with E-state index in [1.165, 1.54) is 16.6 Å². The molecule has 2 aliphatic rings. The van der Waals surface area contributed by atoms with Gasteiger partial charge in [0, 0.05) is 29.1 Å². The highest BCUT2D eigenvalue weighted by molar-refractivity contribution is 8.00. The molecule has 1 amide bonds. The van der Waals surface area contributed by atoms with Crippen LogP contribution in [0.5, 0.6) is 11.5 Å². The van der Waals surface area contributed by atoms with E-state index in [0.29, 0.717) is 23.2 Å². The maximum Gasteiger partial charge on any atom is 0.237 e. The molecule has 29 heavy (non-hydrogen) atoms. The molecule has 1 aliphatic heterocycles. The summed E-state index contributed by atoms with van der Waals surface area (Å²) in [6, 6.07) is 10.0. The summed E-state index contributed by atoms with van der Waals surface area (Å²) in [6.07, 6.45) is 3.06. The number of thioether (sulfide) groups is 1. The van der Waals surface area contributed by atoms with Gasteiger partial charge in [0.15, 0.2) is 16.7 Å². The summed E-state index contributed by atoms with van der Waals surface area (Å²) in [5.41, 5.74) is 0.689. The number of hydrogen-bond donors (Lipinski definition) is 1. The van der Waals surface area contributed by atoms with Crippen LogP contribution in [0.15, 0.2) is 40.9 Å². The van der Waals surface area contributed by atoms with Gasteiger partial charge in [-0.25, -0.2) is 0 Å². The summed E-state index contributed by atoms with van der Waals surface area (Å²) < 4.78 is 12.9. The molecule has 1 aromatic carbocycles. The van der Waals surface area contributed by atoms with Crippen molar-refractivity contribution in [1.82, 2.24) is 14.8 Å². The fourth-order valence-corrected chi connectivity index (χ4v) is 4.85. The second-order valence-electron chi connectivity index (χ2n) is 7.07. The normalized spacial score (nSPS) is 16.0. The van der Waals surface area contributed by atoms with Gasteiger partial charge in [-0.3, -0.25) is 4.79 Å². The molecule has 1 aliphatic carbocycles. The second-order valence-corrected chi connectivity index (χ2v) is 9.41. The van der Waals surface area contributed by atoms with Gasteiger partial charge in [-0.15, -0.1) is 21.5 Å². The smallest absolute Gasteiger partial charge is 0.237 e. The number of amides is 1. The Bertz CT molecular complexity index is 1030. The molecule has 9 heteroatoms. The number of benzene rings is 1. The quantitative estimate of drug-likeness (QED) is 0.571. The van der Waals surface area contributed by atoms with Crippen molar-refractivity contribution in [2.45, 2.75) is 42.6 Å². The minimum Gasteiger partial charge on any atom is -0.454 e. The summed E-state index contributed by atoms with van der Waals surface area (Å²) in [7, 11) is 0. The van der Waals surface area contributed by atoms with Crippen molar-refractivity contribution in [2.75, 3.05) is 12.1 Å². The number of fused-ring (bicyclic) bond motifs is 1. The zero-order valence-electron chi connectivity index (χ0n) is 15.8. The number of hydrogen-bond acceptors (Lipinski definition) is 7. The van der Waals surface area contributed by atoms with Gasteiger partial charge in [0.2, 0.25) is 12.7 Å². The number of rotatable bonds is 7. The average molecular weight is 429 g/mol. The molecule has 1 N–H and O–H groups in total. The topological polar surface area (TPSA) is 78.3 Å². The van der Waals surface area contributed by atoms with Gasteiger partial charge in [-0.1, -0.05) is 17.8 Å². The Balaban J connectivity index is 1.28.